The van der Waals surface area contributed by atoms with Gasteiger partial charge in [0.1, 0.15) is 0 Å². The molecule has 1 aromatic heterocycles. The summed E-state index contributed by atoms with van der Waals surface area (Å²) in [4.78, 5) is 19.4. The molecule has 0 bridgehead atoms. The standard InChI is InChI=1S/C14H11N3O2S/c15-10-6-5-8(7-9(10)13(18)19)20-14-16-11-3-1-2-4-12(11)17-14/h1-7H,15H2,(H,16,17)(H,18,19). The van der Waals surface area contributed by atoms with Crippen molar-refractivity contribution in [2.45, 2.75) is 10.1 Å². The van der Waals surface area contributed by atoms with Gasteiger partial charge in [0.15, 0.2) is 5.16 Å². The average Bonchev–Trinajstić information content (AvgIpc) is 2.82. The molecule has 0 amide bonds. The Bertz CT molecular complexity index is 765. The van der Waals surface area contributed by atoms with Crippen LogP contribution in [-0.2, 0) is 0 Å². The van der Waals surface area contributed by atoms with E-state index in [9.17, 15) is 4.79 Å². The number of hydrogen-bond donors (Lipinski definition) is 3. The maximum Gasteiger partial charge on any atom is 0.337 e. The van der Waals surface area contributed by atoms with Crippen molar-refractivity contribution in [3.8, 4) is 0 Å². The number of carboxylic acids is 1. The molecular weight excluding hydrogens is 274 g/mol. The highest BCUT2D eigenvalue weighted by molar-refractivity contribution is 7.99. The fraction of sp³-hybridized carbons (Fsp3) is 0. The number of nitrogens with two attached hydrogens (primary N) is 1. The van der Waals surface area contributed by atoms with Gasteiger partial charge in [0.25, 0.3) is 0 Å². The Morgan fingerprint density at radius 2 is 2.05 bits per heavy atom. The Hall–Kier alpha value is -2.47. The van der Waals surface area contributed by atoms with E-state index in [1.54, 1.807) is 18.2 Å². The highest BCUT2D eigenvalue weighted by Gasteiger charge is 2.10. The lowest BCUT2D eigenvalue weighted by Crippen LogP contribution is -2.02. The van der Waals surface area contributed by atoms with Gasteiger partial charge in [-0.2, -0.15) is 0 Å². The molecule has 0 aliphatic heterocycles. The lowest BCUT2D eigenvalue weighted by atomic mass is 10.2. The third kappa shape index (κ3) is 2.33. The molecule has 0 fully saturated rings. The number of fused-ring (bicyclic) bond motifs is 1. The number of benzene rings is 2. The van der Waals surface area contributed by atoms with Gasteiger partial charge < -0.3 is 15.8 Å². The first-order valence-corrected chi connectivity index (χ1v) is 6.70. The van der Waals surface area contributed by atoms with Crippen molar-refractivity contribution < 1.29 is 9.90 Å². The number of aromatic amines is 1. The van der Waals surface area contributed by atoms with E-state index < -0.39 is 5.97 Å². The number of H-pyrrole nitrogens is 1. The molecule has 3 rings (SSSR count). The number of carboxylic acid groups (broad SMARTS) is 1. The summed E-state index contributed by atoms with van der Waals surface area (Å²) in [6.07, 6.45) is 0. The van der Waals surface area contributed by atoms with Crippen LogP contribution < -0.4 is 5.73 Å². The fourth-order valence-corrected chi connectivity index (χ4v) is 2.71. The van der Waals surface area contributed by atoms with E-state index in [-0.39, 0.29) is 11.3 Å². The lowest BCUT2D eigenvalue weighted by molar-refractivity contribution is 0.0698. The summed E-state index contributed by atoms with van der Waals surface area (Å²) in [6.45, 7) is 0. The molecule has 0 aliphatic rings. The van der Waals surface area contributed by atoms with Gasteiger partial charge in [0.05, 0.1) is 16.6 Å². The molecule has 6 heteroatoms. The van der Waals surface area contributed by atoms with Crippen LogP contribution in [0.15, 0.2) is 52.5 Å². The molecule has 0 aliphatic carbocycles. The van der Waals surface area contributed by atoms with Crippen molar-refractivity contribution in [1.29, 1.82) is 0 Å². The minimum Gasteiger partial charge on any atom is -0.478 e. The van der Waals surface area contributed by atoms with Crippen LogP contribution in [-0.4, -0.2) is 21.0 Å². The number of aromatic carboxylic acids is 1. The van der Waals surface area contributed by atoms with Gasteiger partial charge >= 0.3 is 5.97 Å². The Kier molecular flexibility index (Phi) is 3.08. The zero-order chi connectivity index (χ0) is 14.1. The zero-order valence-corrected chi connectivity index (χ0v) is 11.1. The monoisotopic (exact) mass is 285 g/mol. The summed E-state index contributed by atoms with van der Waals surface area (Å²) < 4.78 is 0. The first kappa shape index (κ1) is 12.6. The van der Waals surface area contributed by atoms with Crippen molar-refractivity contribution in [2.24, 2.45) is 0 Å². The van der Waals surface area contributed by atoms with Crippen molar-refractivity contribution >= 4 is 34.5 Å². The van der Waals surface area contributed by atoms with Gasteiger partial charge in [0.2, 0.25) is 0 Å². The van der Waals surface area contributed by atoms with Gasteiger partial charge in [0, 0.05) is 10.6 Å². The Morgan fingerprint density at radius 1 is 1.25 bits per heavy atom. The molecule has 0 atom stereocenters. The van der Waals surface area contributed by atoms with E-state index in [1.165, 1.54) is 11.8 Å². The lowest BCUT2D eigenvalue weighted by Gasteiger charge is -2.03. The van der Waals surface area contributed by atoms with Crippen LogP contribution in [0.4, 0.5) is 5.69 Å². The SMILES string of the molecule is Nc1ccc(Sc2nc3ccccc3[nH]2)cc1C(=O)O. The highest BCUT2D eigenvalue weighted by atomic mass is 32.2. The first-order valence-electron chi connectivity index (χ1n) is 5.89. The molecule has 2 aromatic carbocycles. The highest BCUT2D eigenvalue weighted by Crippen LogP contribution is 2.29. The maximum absolute atomic E-state index is 11.1. The molecule has 1 heterocycles. The second-order valence-corrected chi connectivity index (χ2v) is 5.28. The van der Waals surface area contributed by atoms with Crippen LogP contribution in [0.5, 0.6) is 0 Å². The van der Waals surface area contributed by atoms with Crippen molar-refractivity contribution in [3.05, 3.63) is 48.0 Å². The number of nitrogen functional groups attached to an aromatic ring is 1. The van der Waals surface area contributed by atoms with Gasteiger partial charge in [-0.25, -0.2) is 9.78 Å². The Balaban J connectivity index is 1.94. The predicted octanol–water partition coefficient (Wildman–Crippen LogP) is 2.99. The number of nitrogens with one attached hydrogen (secondary N) is 1. The number of imidazole rings is 1. The van der Waals surface area contributed by atoms with Crippen LogP contribution in [0.3, 0.4) is 0 Å². The normalized spacial score (nSPS) is 10.8. The van der Waals surface area contributed by atoms with Gasteiger partial charge in [-0.15, -0.1) is 0 Å². The molecule has 3 aromatic rings. The Morgan fingerprint density at radius 3 is 2.80 bits per heavy atom. The van der Waals surface area contributed by atoms with E-state index in [0.29, 0.717) is 5.16 Å². The predicted molar refractivity (Wildman–Crippen MR) is 78.0 cm³/mol. The van der Waals surface area contributed by atoms with Gasteiger partial charge in [-0.05, 0) is 30.3 Å². The van der Waals surface area contributed by atoms with Gasteiger partial charge in [-0.1, -0.05) is 23.9 Å². The molecule has 0 spiro atoms. The van der Waals surface area contributed by atoms with Crippen molar-refractivity contribution in [3.63, 3.8) is 0 Å². The second-order valence-electron chi connectivity index (χ2n) is 4.22. The number of para-hydroxylation sites is 2. The smallest absolute Gasteiger partial charge is 0.337 e. The third-order valence-electron chi connectivity index (χ3n) is 2.84. The zero-order valence-electron chi connectivity index (χ0n) is 10.3. The first-order chi connectivity index (χ1) is 9.63. The summed E-state index contributed by atoms with van der Waals surface area (Å²) in [5, 5.41) is 9.77. The number of anilines is 1. The van der Waals surface area contributed by atoms with E-state index in [2.05, 4.69) is 9.97 Å². The molecular formula is C14H11N3O2S. The van der Waals surface area contributed by atoms with E-state index in [4.69, 9.17) is 10.8 Å². The molecule has 100 valence electrons. The quantitative estimate of drug-likeness (QED) is 0.643. The van der Waals surface area contributed by atoms with Crippen molar-refractivity contribution in [1.82, 2.24) is 9.97 Å². The summed E-state index contributed by atoms with van der Waals surface area (Å²) >= 11 is 1.37. The molecule has 0 unspecified atom stereocenters. The number of aromatic nitrogens is 2. The molecule has 5 nitrogen and oxygen atoms in total. The van der Waals surface area contributed by atoms with Crippen LogP contribution in [0, 0.1) is 0 Å². The second kappa shape index (κ2) is 4.90. The summed E-state index contributed by atoms with van der Waals surface area (Å²) in [7, 11) is 0. The summed E-state index contributed by atoms with van der Waals surface area (Å²) in [5.74, 6) is -1.03. The molecule has 0 saturated heterocycles. The molecule has 0 saturated carbocycles. The van der Waals surface area contributed by atoms with E-state index >= 15 is 0 Å². The van der Waals surface area contributed by atoms with Crippen LogP contribution in [0.1, 0.15) is 10.4 Å². The topological polar surface area (TPSA) is 92.0 Å². The minimum atomic E-state index is -1.03. The maximum atomic E-state index is 11.1. The average molecular weight is 285 g/mol. The van der Waals surface area contributed by atoms with Crippen LogP contribution >= 0.6 is 11.8 Å². The number of rotatable bonds is 3. The van der Waals surface area contributed by atoms with E-state index in [0.717, 1.165) is 15.9 Å². The number of carbonyl (C=O) groups is 1. The summed E-state index contributed by atoms with van der Waals surface area (Å²) in [6, 6.07) is 12.6. The largest absolute Gasteiger partial charge is 0.478 e. The molecule has 20 heavy (non-hydrogen) atoms. The van der Waals surface area contributed by atoms with Crippen LogP contribution in [0.25, 0.3) is 11.0 Å². The van der Waals surface area contributed by atoms with Crippen LogP contribution in [0.2, 0.25) is 0 Å². The van der Waals surface area contributed by atoms with Crippen molar-refractivity contribution in [2.75, 3.05) is 5.73 Å². The van der Waals surface area contributed by atoms with Gasteiger partial charge in [-0.3, -0.25) is 0 Å². The number of nitrogens with zero attached hydrogens (tertiary/aromatic N) is 1. The summed E-state index contributed by atoms with van der Waals surface area (Å²) in [5.41, 5.74) is 7.82. The fourth-order valence-electron chi connectivity index (χ4n) is 1.87. The molecule has 4 N–H and O–H groups in total. The number of hydrogen-bond acceptors (Lipinski definition) is 4. The van der Waals surface area contributed by atoms with E-state index in [1.807, 2.05) is 24.3 Å². The third-order valence-corrected chi connectivity index (χ3v) is 3.71. The molecule has 0 radical (unpaired) electrons. The minimum absolute atomic E-state index is 0.103. The Labute approximate surface area is 118 Å².